The summed E-state index contributed by atoms with van der Waals surface area (Å²) in [5.74, 6) is 2.20. The fourth-order valence-electron chi connectivity index (χ4n) is 11.2. The van der Waals surface area contributed by atoms with E-state index in [9.17, 15) is 0 Å². The standard InChI is InChI=1S/C54H55N3SSi/c1-32(2)28-37-30-46-40-19-13-12-18-39(40)41-25-22-36-23-26-43-42-20-14-15-21-47(42)58-51(43)49(36)53-56(33(3)29-45(41)55(46)31-48(37)59(7,8)9)44-27-24-35-16-10-11-17-38(35)50(44)57(53)52-34(4)54(52,5)6/h10-21,23-24,26-27,30-32,41,45H,3,22,25,28-29H2,1-2,4-9H3/q+2. The maximum atomic E-state index is 5.18. The second kappa shape index (κ2) is 12.9. The van der Waals surface area contributed by atoms with Crippen LogP contribution in [-0.2, 0) is 12.8 Å². The predicted octanol–water partition coefficient (Wildman–Crippen LogP) is 13.2. The maximum absolute atomic E-state index is 5.18. The molecule has 5 heteroatoms. The van der Waals surface area contributed by atoms with Gasteiger partial charge in [-0.3, -0.25) is 0 Å². The van der Waals surface area contributed by atoms with Crippen molar-refractivity contribution in [2.24, 2.45) is 11.3 Å². The van der Waals surface area contributed by atoms with Gasteiger partial charge >= 0.3 is 5.82 Å². The van der Waals surface area contributed by atoms with E-state index >= 15 is 0 Å². The van der Waals surface area contributed by atoms with E-state index in [-0.39, 0.29) is 11.5 Å². The van der Waals surface area contributed by atoms with Crippen LogP contribution >= 0.6 is 11.3 Å². The minimum atomic E-state index is -1.70. The fraction of sp³-hybridized carbons (Fsp3) is 0.296. The predicted molar refractivity (Wildman–Crippen MR) is 254 cm³/mol. The van der Waals surface area contributed by atoms with E-state index < -0.39 is 8.07 Å². The molecule has 2 aliphatic heterocycles. The quantitative estimate of drug-likeness (QED) is 0.124. The fourth-order valence-corrected chi connectivity index (χ4v) is 14.1. The van der Waals surface area contributed by atoms with Crippen LogP contribution in [0.2, 0.25) is 19.6 Å². The second-order valence-corrected chi connectivity index (χ2v) is 25.8. The first-order valence-corrected chi connectivity index (χ1v) is 26.1. The lowest BCUT2D eigenvalue weighted by atomic mass is 9.77. The number of rotatable bonds is 4. The van der Waals surface area contributed by atoms with Crippen molar-refractivity contribution in [3.05, 3.63) is 138 Å². The van der Waals surface area contributed by atoms with Crippen LogP contribution in [0.5, 0.6) is 0 Å². The lowest BCUT2D eigenvalue weighted by Gasteiger charge is -2.33. The van der Waals surface area contributed by atoms with Gasteiger partial charge in [-0.15, -0.1) is 11.3 Å². The van der Waals surface area contributed by atoms with Crippen LogP contribution in [0.15, 0.2) is 121 Å². The summed E-state index contributed by atoms with van der Waals surface area (Å²) in [5, 5.41) is 6.86. The van der Waals surface area contributed by atoms with Crippen molar-refractivity contribution >= 4 is 78.0 Å². The molecule has 8 aromatic rings. The van der Waals surface area contributed by atoms with Gasteiger partial charge in [-0.05, 0) is 104 Å². The summed E-state index contributed by atoms with van der Waals surface area (Å²) < 4.78 is 10.8. The molecule has 0 bridgehead atoms. The lowest BCUT2D eigenvalue weighted by Crippen LogP contribution is -2.54. The third-order valence-electron chi connectivity index (χ3n) is 14.3. The number of thiophene rings is 1. The number of fused-ring (bicyclic) bond motifs is 17. The molecule has 2 atom stereocenters. The van der Waals surface area contributed by atoms with E-state index in [1.54, 1.807) is 10.8 Å². The molecule has 11 rings (SSSR count). The Balaban J connectivity index is 1.25. The Kier molecular flexibility index (Phi) is 8.11. The van der Waals surface area contributed by atoms with Crippen molar-refractivity contribution in [3.8, 4) is 22.6 Å². The molecule has 0 fully saturated rings. The molecule has 0 amide bonds. The topological polar surface area (TPSA) is 12.7 Å². The first-order chi connectivity index (χ1) is 28.3. The Morgan fingerprint density at radius 3 is 2.37 bits per heavy atom. The van der Waals surface area contributed by atoms with Crippen molar-refractivity contribution in [1.82, 2.24) is 4.57 Å². The molecule has 59 heavy (non-hydrogen) atoms. The molecule has 1 aliphatic carbocycles. The van der Waals surface area contributed by atoms with E-state index in [1.807, 2.05) is 11.3 Å². The Bertz CT molecular complexity index is 3150. The lowest BCUT2D eigenvalue weighted by molar-refractivity contribution is -0.719. The van der Waals surface area contributed by atoms with Crippen LogP contribution in [0, 0.1) is 11.3 Å². The Morgan fingerprint density at radius 2 is 1.61 bits per heavy atom. The Morgan fingerprint density at radius 1 is 0.881 bits per heavy atom. The highest BCUT2D eigenvalue weighted by molar-refractivity contribution is 7.26. The minimum Gasteiger partial charge on any atom is -0.195 e. The number of aryl methyl sites for hydroxylation is 1. The molecule has 3 aromatic heterocycles. The summed E-state index contributed by atoms with van der Waals surface area (Å²) in [6, 6.07) is 39.8. The number of imidazole rings is 1. The molecule has 0 N–H and O–H groups in total. The highest BCUT2D eigenvalue weighted by Gasteiger charge is 2.52. The van der Waals surface area contributed by atoms with Gasteiger partial charge in [0, 0.05) is 43.6 Å². The third kappa shape index (κ3) is 5.43. The van der Waals surface area contributed by atoms with Gasteiger partial charge in [-0.25, -0.2) is 0 Å². The molecule has 2 unspecified atom stereocenters. The van der Waals surface area contributed by atoms with Crippen molar-refractivity contribution in [2.45, 2.75) is 91.9 Å². The van der Waals surface area contributed by atoms with E-state index in [0.29, 0.717) is 11.8 Å². The number of nitrogens with zero attached hydrogens (tertiary/aromatic N) is 3. The van der Waals surface area contributed by atoms with E-state index in [2.05, 4.69) is 177 Å². The number of allylic oxidation sites excluding steroid dienone is 3. The van der Waals surface area contributed by atoms with Gasteiger partial charge in [0.05, 0.1) is 30.2 Å². The van der Waals surface area contributed by atoms with Gasteiger partial charge in [0.15, 0.2) is 23.3 Å². The van der Waals surface area contributed by atoms with Crippen LogP contribution in [-0.4, -0.2) is 12.6 Å². The van der Waals surface area contributed by atoms with Crippen molar-refractivity contribution in [3.63, 3.8) is 0 Å². The molecule has 0 radical (unpaired) electrons. The Labute approximate surface area is 354 Å². The van der Waals surface area contributed by atoms with E-state index in [1.165, 1.54) is 87.0 Å². The van der Waals surface area contributed by atoms with Crippen molar-refractivity contribution in [2.75, 3.05) is 0 Å². The third-order valence-corrected chi connectivity index (χ3v) is 17.5. The summed E-state index contributed by atoms with van der Waals surface area (Å²) in [6.45, 7) is 24.7. The molecule has 5 heterocycles. The van der Waals surface area contributed by atoms with Crippen molar-refractivity contribution < 1.29 is 9.13 Å². The largest absolute Gasteiger partial charge is 0.301 e. The smallest absolute Gasteiger partial charge is 0.195 e. The molecule has 0 saturated carbocycles. The highest BCUT2D eigenvalue weighted by Crippen LogP contribution is 2.58. The summed E-state index contributed by atoms with van der Waals surface area (Å²) in [7, 11) is -1.70. The van der Waals surface area contributed by atoms with Crippen LogP contribution in [0.3, 0.4) is 0 Å². The number of pyridine rings is 1. The normalized spacial score (nSPS) is 18.6. The zero-order chi connectivity index (χ0) is 40.7. The maximum Gasteiger partial charge on any atom is 0.301 e. The molecule has 3 nitrogen and oxygen atoms in total. The molecular weight excluding hydrogens is 751 g/mol. The van der Waals surface area contributed by atoms with Gasteiger partial charge in [0.2, 0.25) is 5.69 Å². The van der Waals surface area contributed by atoms with Gasteiger partial charge < -0.3 is 0 Å². The monoisotopic (exact) mass is 805 g/mol. The second-order valence-electron chi connectivity index (χ2n) is 19.7. The first kappa shape index (κ1) is 36.9. The van der Waals surface area contributed by atoms with Crippen molar-refractivity contribution in [1.29, 1.82) is 0 Å². The number of hydrogen-bond acceptors (Lipinski definition) is 1. The Hall–Kier alpha value is -5.10. The summed E-state index contributed by atoms with van der Waals surface area (Å²) in [6.07, 6.45) is 6.65. The summed E-state index contributed by atoms with van der Waals surface area (Å²) >= 11 is 1.96. The molecule has 0 saturated heterocycles. The molecule has 5 aromatic carbocycles. The minimum absolute atomic E-state index is 0.00396. The van der Waals surface area contributed by atoms with Gasteiger partial charge in [0.25, 0.3) is 0 Å². The highest BCUT2D eigenvalue weighted by atomic mass is 32.1. The van der Waals surface area contributed by atoms with Crippen LogP contribution in [0.4, 0.5) is 0 Å². The van der Waals surface area contributed by atoms with Gasteiger partial charge in [0.1, 0.15) is 11.4 Å². The molecule has 294 valence electrons. The van der Waals surface area contributed by atoms with Crippen LogP contribution < -0.4 is 14.3 Å². The zero-order valence-corrected chi connectivity index (χ0v) is 37.7. The van der Waals surface area contributed by atoms with E-state index in [0.717, 1.165) is 31.4 Å². The molecule has 0 spiro atoms. The first-order valence-electron chi connectivity index (χ1n) is 21.8. The number of hydrogen-bond donors (Lipinski definition) is 0. The zero-order valence-electron chi connectivity index (χ0n) is 35.9. The number of aromatic nitrogens is 3. The molecule has 3 aliphatic rings. The van der Waals surface area contributed by atoms with Crippen LogP contribution in [0.25, 0.3) is 76.0 Å². The average Bonchev–Trinajstić information content (AvgIpc) is 3.48. The van der Waals surface area contributed by atoms with Crippen LogP contribution in [0.1, 0.15) is 76.1 Å². The summed E-state index contributed by atoms with van der Waals surface area (Å²) in [5.41, 5.74) is 15.2. The molecular formula is C54H55N3SSi+2. The van der Waals surface area contributed by atoms with Gasteiger partial charge in [-0.2, -0.15) is 13.7 Å². The number of benzene rings is 5. The SMILES string of the molecule is C=C1CC2C(CCc3ccc4c(sc5ccccc54)c3-c3n(C4=C(C)C4(C)C)c4c5ccccc5ccc4[n+]31)c1ccccc1-c1cc(CC(C)C)c([Si](C)(C)C)c[n+]12. The van der Waals surface area contributed by atoms with E-state index in [4.69, 9.17) is 6.58 Å². The summed E-state index contributed by atoms with van der Waals surface area (Å²) in [4.78, 5) is 0. The average molecular weight is 806 g/mol. The van der Waals surface area contributed by atoms with Gasteiger partial charge in [-0.1, -0.05) is 107 Å².